The molecule has 0 aliphatic rings. The SMILES string of the molecule is CCN(CCNc1ccccc1OC)c1ccccc1. The van der Waals surface area contributed by atoms with E-state index in [4.69, 9.17) is 4.74 Å². The molecular formula is C17H22N2O. The monoisotopic (exact) mass is 270 g/mol. The Balaban J connectivity index is 1.91. The van der Waals surface area contributed by atoms with Gasteiger partial charge in [-0.25, -0.2) is 0 Å². The third-order valence-electron chi connectivity index (χ3n) is 3.31. The molecule has 2 rings (SSSR count). The number of ether oxygens (including phenoxy) is 1. The number of rotatable bonds is 7. The van der Waals surface area contributed by atoms with Crippen LogP contribution in [0.4, 0.5) is 11.4 Å². The molecule has 0 bridgehead atoms. The zero-order valence-electron chi connectivity index (χ0n) is 12.2. The third kappa shape index (κ3) is 3.67. The van der Waals surface area contributed by atoms with E-state index in [1.165, 1.54) is 5.69 Å². The molecule has 20 heavy (non-hydrogen) atoms. The van der Waals surface area contributed by atoms with Gasteiger partial charge in [-0.1, -0.05) is 30.3 Å². The minimum Gasteiger partial charge on any atom is -0.495 e. The van der Waals surface area contributed by atoms with Gasteiger partial charge in [-0.2, -0.15) is 0 Å². The molecule has 2 aromatic rings. The Morgan fingerprint density at radius 3 is 2.40 bits per heavy atom. The Labute approximate surface area is 121 Å². The Morgan fingerprint density at radius 2 is 1.70 bits per heavy atom. The Kier molecular flexibility index (Phi) is 5.30. The number of anilines is 2. The van der Waals surface area contributed by atoms with Crippen LogP contribution in [0.25, 0.3) is 0 Å². The molecule has 0 spiro atoms. The highest BCUT2D eigenvalue weighted by Gasteiger charge is 2.04. The summed E-state index contributed by atoms with van der Waals surface area (Å²) < 4.78 is 5.34. The molecule has 0 heterocycles. The molecule has 0 unspecified atom stereocenters. The van der Waals surface area contributed by atoms with Gasteiger partial charge in [0.25, 0.3) is 0 Å². The van der Waals surface area contributed by atoms with Crippen LogP contribution in [-0.4, -0.2) is 26.7 Å². The molecule has 0 aliphatic heterocycles. The maximum atomic E-state index is 5.34. The molecule has 0 radical (unpaired) electrons. The molecule has 0 aliphatic carbocycles. The van der Waals surface area contributed by atoms with Gasteiger partial charge in [-0.15, -0.1) is 0 Å². The molecule has 0 atom stereocenters. The lowest BCUT2D eigenvalue weighted by Crippen LogP contribution is -2.28. The summed E-state index contributed by atoms with van der Waals surface area (Å²) in [5.41, 5.74) is 2.30. The fourth-order valence-electron chi connectivity index (χ4n) is 2.22. The van der Waals surface area contributed by atoms with Crippen LogP contribution >= 0.6 is 0 Å². The fraction of sp³-hybridized carbons (Fsp3) is 0.294. The Bertz CT molecular complexity index is 513. The van der Waals surface area contributed by atoms with Crippen LogP contribution in [0.3, 0.4) is 0 Å². The summed E-state index contributed by atoms with van der Waals surface area (Å²) in [6.07, 6.45) is 0. The highest BCUT2D eigenvalue weighted by atomic mass is 16.5. The van der Waals surface area contributed by atoms with Gasteiger partial charge in [0, 0.05) is 25.3 Å². The number of benzene rings is 2. The summed E-state index contributed by atoms with van der Waals surface area (Å²) in [4.78, 5) is 2.35. The Morgan fingerprint density at radius 1 is 1.00 bits per heavy atom. The van der Waals surface area contributed by atoms with Crippen molar-refractivity contribution in [1.29, 1.82) is 0 Å². The smallest absolute Gasteiger partial charge is 0.141 e. The van der Waals surface area contributed by atoms with Crippen molar-refractivity contribution in [3.8, 4) is 5.75 Å². The van der Waals surface area contributed by atoms with Gasteiger partial charge in [0.1, 0.15) is 5.75 Å². The normalized spacial score (nSPS) is 10.1. The number of hydrogen-bond acceptors (Lipinski definition) is 3. The summed E-state index contributed by atoms with van der Waals surface area (Å²) in [5.74, 6) is 0.884. The van der Waals surface area contributed by atoms with E-state index in [9.17, 15) is 0 Å². The number of para-hydroxylation sites is 3. The van der Waals surface area contributed by atoms with Crippen LogP contribution in [-0.2, 0) is 0 Å². The van der Waals surface area contributed by atoms with Crippen LogP contribution in [0.15, 0.2) is 54.6 Å². The minimum atomic E-state index is 0.878. The van der Waals surface area contributed by atoms with E-state index in [1.807, 2.05) is 30.3 Å². The van der Waals surface area contributed by atoms with Gasteiger partial charge in [0.2, 0.25) is 0 Å². The highest BCUT2D eigenvalue weighted by molar-refractivity contribution is 5.56. The van der Waals surface area contributed by atoms with Crippen molar-refractivity contribution in [3.05, 3.63) is 54.6 Å². The molecule has 0 aromatic heterocycles. The van der Waals surface area contributed by atoms with Crippen LogP contribution in [0, 0.1) is 0 Å². The summed E-state index contributed by atoms with van der Waals surface area (Å²) in [6, 6.07) is 18.5. The fourth-order valence-corrected chi connectivity index (χ4v) is 2.22. The number of hydrogen-bond donors (Lipinski definition) is 1. The lowest BCUT2D eigenvalue weighted by molar-refractivity contribution is 0.416. The zero-order chi connectivity index (χ0) is 14.2. The molecule has 3 heteroatoms. The van der Waals surface area contributed by atoms with E-state index in [2.05, 4.69) is 41.4 Å². The predicted molar refractivity (Wildman–Crippen MR) is 85.8 cm³/mol. The lowest BCUT2D eigenvalue weighted by atomic mass is 10.2. The molecule has 0 amide bonds. The summed E-state index contributed by atoms with van der Waals surface area (Å²) >= 11 is 0. The van der Waals surface area contributed by atoms with E-state index in [1.54, 1.807) is 7.11 Å². The first-order chi connectivity index (χ1) is 9.85. The molecule has 0 fully saturated rings. The van der Waals surface area contributed by atoms with E-state index in [0.29, 0.717) is 0 Å². The van der Waals surface area contributed by atoms with Crippen LogP contribution in [0.5, 0.6) is 5.75 Å². The first kappa shape index (κ1) is 14.3. The van der Waals surface area contributed by atoms with Crippen molar-refractivity contribution in [1.82, 2.24) is 0 Å². The Hall–Kier alpha value is -2.16. The quantitative estimate of drug-likeness (QED) is 0.831. The largest absolute Gasteiger partial charge is 0.495 e. The predicted octanol–water partition coefficient (Wildman–Crippen LogP) is 3.63. The zero-order valence-corrected chi connectivity index (χ0v) is 12.2. The minimum absolute atomic E-state index is 0.878. The van der Waals surface area contributed by atoms with E-state index in [0.717, 1.165) is 31.1 Å². The second kappa shape index (κ2) is 7.43. The summed E-state index contributed by atoms with van der Waals surface area (Å²) in [7, 11) is 1.70. The molecule has 3 nitrogen and oxygen atoms in total. The number of likely N-dealkylation sites (N-methyl/N-ethyl adjacent to an activating group) is 1. The summed E-state index contributed by atoms with van der Waals surface area (Å²) in [6.45, 7) is 5.01. The molecule has 2 aromatic carbocycles. The number of nitrogens with one attached hydrogen (secondary N) is 1. The van der Waals surface area contributed by atoms with E-state index >= 15 is 0 Å². The van der Waals surface area contributed by atoms with Crippen LogP contribution in [0.2, 0.25) is 0 Å². The van der Waals surface area contributed by atoms with Gasteiger partial charge >= 0.3 is 0 Å². The van der Waals surface area contributed by atoms with Gasteiger partial charge in [0.15, 0.2) is 0 Å². The first-order valence-corrected chi connectivity index (χ1v) is 7.02. The van der Waals surface area contributed by atoms with Crippen molar-refractivity contribution in [2.75, 3.05) is 37.0 Å². The maximum Gasteiger partial charge on any atom is 0.141 e. The second-order valence-electron chi connectivity index (χ2n) is 4.54. The van der Waals surface area contributed by atoms with Gasteiger partial charge in [0.05, 0.1) is 12.8 Å². The standard InChI is InChI=1S/C17H22N2O/c1-3-19(15-9-5-4-6-10-15)14-13-18-16-11-7-8-12-17(16)20-2/h4-12,18H,3,13-14H2,1-2H3. The highest BCUT2D eigenvalue weighted by Crippen LogP contribution is 2.22. The van der Waals surface area contributed by atoms with Gasteiger partial charge in [-0.3, -0.25) is 0 Å². The molecular weight excluding hydrogens is 248 g/mol. The van der Waals surface area contributed by atoms with E-state index < -0.39 is 0 Å². The van der Waals surface area contributed by atoms with Crippen molar-refractivity contribution in [2.24, 2.45) is 0 Å². The third-order valence-corrected chi connectivity index (χ3v) is 3.31. The van der Waals surface area contributed by atoms with Gasteiger partial charge in [-0.05, 0) is 31.2 Å². The van der Waals surface area contributed by atoms with Crippen LogP contribution < -0.4 is 15.0 Å². The lowest BCUT2D eigenvalue weighted by Gasteiger charge is -2.23. The van der Waals surface area contributed by atoms with Crippen molar-refractivity contribution < 1.29 is 4.74 Å². The van der Waals surface area contributed by atoms with Crippen LogP contribution in [0.1, 0.15) is 6.92 Å². The van der Waals surface area contributed by atoms with Crippen molar-refractivity contribution >= 4 is 11.4 Å². The molecule has 106 valence electrons. The summed E-state index contributed by atoms with van der Waals surface area (Å²) in [5, 5.41) is 3.43. The average Bonchev–Trinajstić information content (AvgIpc) is 2.53. The van der Waals surface area contributed by atoms with Crippen molar-refractivity contribution in [2.45, 2.75) is 6.92 Å². The van der Waals surface area contributed by atoms with Crippen molar-refractivity contribution in [3.63, 3.8) is 0 Å². The van der Waals surface area contributed by atoms with Gasteiger partial charge < -0.3 is 15.0 Å². The maximum absolute atomic E-state index is 5.34. The molecule has 0 saturated heterocycles. The number of methoxy groups -OCH3 is 1. The topological polar surface area (TPSA) is 24.5 Å². The second-order valence-corrected chi connectivity index (χ2v) is 4.54. The first-order valence-electron chi connectivity index (χ1n) is 7.02. The number of nitrogens with zero attached hydrogens (tertiary/aromatic N) is 1. The molecule has 1 N–H and O–H groups in total. The van der Waals surface area contributed by atoms with E-state index in [-0.39, 0.29) is 0 Å². The average molecular weight is 270 g/mol. The molecule has 0 saturated carbocycles.